The molecule has 0 aromatic heterocycles. The summed E-state index contributed by atoms with van der Waals surface area (Å²) in [5.41, 5.74) is 1.04. The van der Waals surface area contributed by atoms with Gasteiger partial charge in [-0.1, -0.05) is 17.7 Å². The van der Waals surface area contributed by atoms with Crippen LogP contribution in [-0.2, 0) is 6.54 Å². The van der Waals surface area contributed by atoms with Gasteiger partial charge in [0.25, 0.3) is 0 Å². The number of hydrogen-bond acceptors (Lipinski definition) is 3. The first kappa shape index (κ1) is 11.7. The van der Waals surface area contributed by atoms with Crippen LogP contribution in [-0.4, -0.2) is 26.2 Å². The molecule has 88 valence electrons. The van der Waals surface area contributed by atoms with Crippen molar-refractivity contribution in [3.05, 3.63) is 28.8 Å². The minimum atomic E-state index is 0.543. The molecule has 1 aromatic carbocycles. The van der Waals surface area contributed by atoms with E-state index in [4.69, 9.17) is 16.3 Å². The maximum atomic E-state index is 6.16. The van der Waals surface area contributed by atoms with E-state index in [1.807, 2.05) is 18.2 Å². The summed E-state index contributed by atoms with van der Waals surface area (Å²) in [5, 5.41) is 7.57. The molecule has 1 fully saturated rings. The lowest BCUT2D eigenvalue weighted by Crippen LogP contribution is -2.30. The Morgan fingerprint density at radius 1 is 1.56 bits per heavy atom. The van der Waals surface area contributed by atoms with E-state index < -0.39 is 0 Å². The van der Waals surface area contributed by atoms with Crippen molar-refractivity contribution in [2.75, 3.05) is 20.2 Å². The number of hydrogen-bond donors (Lipinski definition) is 2. The summed E-state index contributed by atoms with van der Waals surface area (Å²) >= 11 is 6.16. The highest BCUT2D eigenvalue weighted by Gasteiger charge is 2.15. The summed E-state index contributed by atoms with van der Waals surface area (Å²) in [7, 11) is 1.67. The van der Waals surface area contributed by atoms with Gasteiger partial charge in [0.1, 0.15) is 5.75 Å². The Labute approximate surface area is 101 Å². The molecule has 3 nitrogen and oxygen atoms in total. The highest BCUT2D eigenvalue weighted by atomic mass is 35.5. The van der Waals surface area contributed by atoms with Gasteiger partial charge in [0.15, 0.2) is 0 Å². The first-order valence-corrected chi connectivity index (χ1v) is 5.94. The fourth-order valence-corrected chi connectivity index (χ4v) is 2.21. The maximum Gasteiger partial charge on any atom is 0.124 e. The van der Waals surface area contributed by atoms with E-state index in [1.54, 1.807) is 7.11 Å². The van der Waals surface area contributed by atoms with Crippen LogP contribution >= 0.6 is 11.6 Å². The minimum absolute atomic E-state index is 0.543. The molecule has 0 radical (unpaired) electrons. The van der Waals surface area contributed by atoms with Crippen LogP contribution in [0.5, 0.6) is 5.75 Å². The predicted octanol–water partition coefficient (Wildman–Crippen LogP) is 1.80. The quantitative estimate of drug-likeness (QED) is 0.842. The molecule has 2 rings (SSSR count). The van der Waals surface area contributed by atoms with Crippen molar-refractivity contribution >= 4 is 11.6 Å². The lowest BCUT2D eigenvalue weighted by molar-refractivity contribution is 0.405. The van der Waals surface area contributed by atoms with Gasteiger partial charge in [-0.15, -0.1) is 0 Å². The van der Waals surface area contributed by atoms with Crippen molar-refractivity contribution in [2.24, 2.45) is 0 Å². The van der Waals surface area contributed by atoms with Gasteiger partial charge in [-0.3, -0.25) is 0 Å². The zero-order valence-electron chi connectivity index (χ0n) is 9.42. The van der Waals surface area contributed by atoms with Crippen LogP contribution < -0.4 is 15.4 Å². The molecule has 1 heterocycles. The molecule has 1 aliphatic heterocycles. The van der Waals surface area contributed by atoms with Crippen LogP contribution in [0.1, 0.15) is 12.0 Å². The van der Waals surface area contributed by atoms with E-state index in [2.05, 4.69) is 10.6 Å². The zero-order chi connectivity index (χ0) is 11.4. The molecule has 0 aliphatic carbocycles. The standard InChI is InChI=1S/C12H17ClN2O/c1-16-12-4-2-3-11(13)10(12)8-15-9-5-6-14-7-9/h2-4,9,14-15H,5-8H2,1H3. The number of nitrogens with one attached hydrogen (secondary N) is 2. The Morgan fingerprint density at radius 3 is 3.12 bits per heavy atom. The molecule has 0 amide bonds. The van der Waals surface area contributed by atoms with Gasteiger partial charge in [-0.2, -0.15) is 0 Å². The first-order chi connectivity index (χ1) is 7.81. The molecular weight excluding hydrogens is 224 g/mol. The monoisotopic (exact) mass is 240 g/mol. The molecule has 16 heavy (non-hydrogen) atoms. The SMILES string of the molecule is COc1cccc(Cl)c1CNC1CCNC1. The highest BCUT2D eigenvalue weighted by Crippen LogP contribution is 2.26. The van der Waals surface area contributed by atoms with Crippen LogP contribution in [0.2, 0.25) is 5.02 Å². The fraction of sp³-hybridized carbons (Fsp3) is 0.500. The predicted molar refractivity (Wildman–Crippen MR) is 66.1 cm³/mol. The molecule has 1 aliphatic rings. The second-order valence-corrected chi connectivity index (χ2v) is 4.40. The van der Waals surface area contributed by atoms with Crippen molar-refractivity contribution in [3.63, 3.8) is 0 Å². The Morgan fingerprint density at radius 2 is 2.44 bits per heavy atom. The van der Waals surface area contributed by atoms with Gasteiger partial charge in [0.05, 0.1) is 7.11 Å². The average Bonchev–Trinajstić information content (AvgIpc) is 2.80. The normalized spacial score (nSPS) is 20.0. The van der Waals surface area contributed by atoms with E-state index >= 15 is 0 Å². The van der Waals surface area contributed by atoms with Gasteiger partial charge in [0, 0.05) is 29.7 Å². The largest absolute Gasteiger partial charge is 0.496 e. The van der Waals surface area contributed by atoms with E-state index in [9.17, 15) is 0 Å². The molecule has 0 saturated carbocycles. The summed E-state index contributed by atoms with van der Waals surface area (Å²) in [6.45, 7) is 2.89. The molecule has 1 aromatic rings. The Hall–Kier alpha value is -0.770. The average molecular weight is 241 g/mol. The summed E-state index contributed by atoms with van der Waals surface area (Å²) in [4.78, 5) is 0. The third kappa shape index (κ3) is 2.67. The van der Waals surface area contributed by atoms with Gasteiger partial charge < -0.3 is 15.4 Å². The number of methoxy groups -OCH3 is 1. The number of halogens is 1. The van der Waals surface area contributed by atoms with Crippen molar-refractivity contribution < 1.29 is 4.74 Å². The highest BCUT2D eigenvalue weighted by molar-refractivity contribution is 6.31. The van der Waals surface area contributed by atoms with Gasteiger partial charge in [-0.05, 0) is 25.1 Å². The van der Waals surface area contributed by atoms with Gasteiger partial charge in [-0.25, -0.2) is 0 Å². The van der Waals surface area contributed by atoms with Gasteiger partial charge in [0.2, 0.25) is 0 Å². The Balaban J connectivity index is 2.01. The van der Waals surface area contributed by atoms with E-state index in [1.165, 1.54) is 6.42 Å². The maximum absolute atomic E-state index is 6.16. The molecule has 0 bridgehead atoms. The van der Waals surface area contributed by atoms with Crippen LogP contribution in [0.15, 0.2) is 18.2 Å². The Bertz CT molecular complexity index is 351. The molecule has 2 N–H and O–H groups in total. The number of ether oxygens (including phenoxy) is 1. The molecular formula is C12H17ClN2O. The zero-order valence-corrected chi connectivity index (χ0v) is 10.2. The molecule has 0 spiro atoms. The smallest absolute Gasteiger partial charge is 0.124 e. The summed E-state index contributed by atoms with van der Waals surface area (Å²) in [6, 6.07) is 6.28. The van der Waals surface area contributed by atoms with Crippen LogP contribution in [0.3, 0.4) is 0 Å². The third-order valence-electron chi connectivity index (χ3n) is 2.92. The van der Waals surface area contributed by atoms with Crippen molar-refractivity contribution in [1.82, 2.24) is 10.6 Å². The van der Waals surface area contributed by atoms with Crippen LogP contribution in [0.4, 0.5) is 0 Å². The topological polar surface area (TPSA) is 33.3 Å². The molecule has 1 unspecified atom stereocenters. The van der Waals surface area contributed by atoms with Gasteiger partial charge >= 0.3 is 0 Å². The number of benzene rings is 1. The van der Waals surface area contributed by atoms with Crippen molar-refractivity contribution in [1.29, 1.82) is 0 Å². The second kappa shape index (κ2) is 5.53. The number of rotatable bonds is 4. The summed E-state index contributed by atoms with van der Waals surface area (Å²) in [5.74, 6) is 0.853. The summed E-state index contributed by atoms with van der Waals surface area (Å²) < 4.78 is 5.30. The van der Waals surface area contributed by atoms with E-state index in [0.717, 1.165) is 36.0 Å². The first-order valence-electron chi connectivity index (χ1n) is 5.56. The summed E-state index contributed by atoms with van der Waals surface area (Å²) in [6.07, 6.45) is 1.17. The third-order valence-corrected chi connectivity index (χ3v) is 3.28. The van der Waals surface area contributed by atoms with E-state index in [0.29, 0.717) is 6.04 Å². The van der Waals surface area contributed by atoms with Crippen LogP contribution in [0, 0.1) is 0 Å². The fourth-order valence-electron chi connectivity index (χ4n) is 1.98. The minimum Gasteiger partial charge on any atom is -0.496 e. The molecule has 1 saturated heterocycles. The molecule has 4 heteroatoms. The van der Waals surface area contributed by atoms with E-state index in [-0.39, 0.29) is 0 Å². The van der Waals surface area contributed by atoms with Crippen molar-refractivity contribution in [2.45, 2.75) is 19.0 Å². The van der Waals surface area contributed by atoms with Crippen LogP contribution in [0.25, 0.3) is 0 Å². The Kier molecular flexibility index (Phi) is 4.04. The second-order valence-electron chi connectivity index (χ2n) is 3.99. The lowest BCUT2D eigenvalue weighted by Gasteiger charge is -2.14. The van der Waals surface area contributed by atoms with Crippen molar-refractivity contribution in [3.8, 4) is 5.75 Å². The lowest BCUT2D eigenvalue weighted by atomic mass is 10.1. The molecule has 1 atom stereocenters.